The van der Waals surface area contributed by atoms with Crippen LogP contribution in [0.3, 0.4) is 0 Å². The highest BCUT2D eigenvalue weighted by Gasteiger charge is 1.99. The van der Waals surface area contributed by atoms with Gasteiger partial charge >= 0.3 is 0 Å². The lowest BCUT2D eigenvalue weighted by Crippen LogP contribution is -2.13. The normalized spacial score (nSPS) is 10.5. The molecule has 2 rings (SSSR count). The summed E-state index contributed by atoms with van der Waals surface area (Å²) in [5.74, 6) is 0.721. The van der Waals surface area contributed by atoms with E-state index in [1.165, 1.54) is 11.1 Å². The Morgan fingerprint density at radius 2 is 1.95 bits per heavy atom. The maximum absolute atomic E-state index is 5.74. The van der Waals surface area contributed by atoms with Crippen LogP contribution in [0.2, 0.25) is 0 Å². The van der Waals surface area contributed by atoms with Crippen molar-refractivity contribution in [3.8, 4) is 5.88 Å². The molecule has 1 N–H and O–H groups in total. The zero-order chi connectivity index (χ0) is 14.8. The van der Waals surface area contributed by atoms with Crippen molar-refractivity contribution in [1.82, 2.24) is 10.3 Å². The van der Waals surface area contributed by atoms with Crippen molar-refractivity contribution in [2.24, 2.45) is 0 Å². The topological polar surface area (TPSA) is 34.2 Å². The quantitative estimate of drug-likeness (QED) is 0.715. The molecule has 3 heteroatoms. The van der Waals surface area contributed by atoms with E-state index in [4.69, 9.17) is 4.74 Å². The van der Waals surface area contributed by atoms with E-state index in [-0.39, 0.29) is 0 Å². The van der Waals surface area contributed by atoms with Crippen molar-refractivity contribution < 1.29 is 4.74 Å². The van der Waals surface area contributed by atoms with Crippen molar-refractivity contribution in [3.05, 3.63) is 59.8 Å². The molecular formula is C18H24N2O. The van der Waals surface area contributed by atoms with Crippen LogP contribution in [0.25, 0.3) is 0 Å². The minimum absolute atomic E-state index is 0.702. The number of pyridine rings is 1. The minimum atomic E-state index is 0.702. The second kappa shape index (κ2) is 9.14. The number of benzene rings is 1. The number of aryl methyl sites for hydroxylation is 1. The van der Waals surface area contributed by atoms with Crippen LogP contribution in [-0.4, -0.2) is 18.1 Å². The maximum atomic E-state index is 5.74. The lowest BCUT2D eigenvalue weighted by molar-refractivity contribution is 0.299. The van der Waals surface area contributed by atoms with Gasteiger partial charge in [0.25, 0.3) is 0 Å². The first kappa shape index (κ1) is 15.5. The average molecular weight is 284 g/mol. The molecule has 1 aromatic heterocycles. The first-order chi connectivity index (χ1) is 10.4. The molecule has 1 aromatic carbocycles. The van der Waals surface area contributed by atoms with E-state index in [0.717, 1.165) is 38.2 Å². The predicted molar refractivity (Wildman–Crippen MR) is 86.5 cm³/mol. The van der Waals surface area contributed by atoms with Gasteiger partial charge in [-0.05, 0) is 43.0 Å². The second-order valence-electron chi connectivity index (χ2n) is 5.12. The fourth-order valence-corrected chi connectivity index (χ4v) is 2.15. The van der Waals surface area contributed by atoms with E-state index in [1.54, 1.807) is 0 Å². The molecule has 0 amide bonds. The number of rotatable bonds is 9. The third-order valence-corrected chi connectivity index (χ3v) is 3.26. The maximum Gasteiger partial charge on any atom is 0.213 e. The molecule has 21 heavy (non-hydrogen) atoms. The molecule has 0 bridgehead atoms. The monoisotopic (exact) mass is 284 g/mol. The molecule has 0 saturated carbocycles. The molecule has 0 saturated heterocycles. The summed E-state index contributed by atoms with van der Waals surface area (Å²) in [5, 5.41) is 3.38. The predicted octanol–water partition coefficient (Wildman–Crippen LogP) is 3.59. The van der Waals surface area contributed by atoms with Gasteiger partial charge in [-0.25, -0.2) is 4.98 Å². The Hall–Kier alpha value is -1.87. The summed E-state index contributed by atoms with van der Waals surface area (Å²) in [7, 11) is 0. The second-order valence-corrected chi connectivity index (χ2v) is 5.12. The van der Waals surface area contributed by atoms with Crippen LogP contribution < -0.4 is 10.1 Å². The van der Waals surface area contributed by atoms with Crippen LogP contribution in [-0.2, 0) is 13.0 Å². The van der Waals surface area contributed by atoms with Crippen LogP contribution in [0.4, 0.5) is 0 Å². The van der Waals surface area contributed by atoms with Gasteiger partial charge in [-0.15, -0.1) is 0 Å². The molecule has 0 radical (unpaired) electrons. The highest BCUT2D eigenvalue weighted by Crippen LogP contribution is 2.10. The standard InChI is InChI=1S/C18H24N2O/c1-2-11-19-15-17-10-12-20-18(14-17)21-13-6-9-16-7-4-3-5-8-16/h3-5,7-8,10,12,14,19H,2,6,9,11,13,15H2,1H3. The first-order valence-electron chi connectivity index (χ1n) is 7.71. The van der Waals surface area contributed by atoms with Crippen LogP contribution in [0.5, 0.6) is 5.88 Å². The van der Waals surface area contributed by atoms with Crippen molar-refractivity contribution in [3.63, 3.8) is 0 Å². The SMILES string of the molecule is CCCNCc1ccnc(OCCCc2ccccc2)c1. The van der Waals surface area contributed by atoms with Gasteiger partial charge in [0.1, 0.15) is 0 Å². The highest BCUT2D eigenvalue weighted by atomic mass is 16.5. The Labute approximate surface area is 127 Å². The zero-order valence-electron chi connectivity index (χ0n) is 12.7. The van der Waals surface area contributed by atoms with Crippen LogP contribution in [0.1, 0.15) is 30.9 Å². The molecular weight excluding hydrogens is 260 g/mol. The average Bonchev–Trinajstić information content (AvgIpc) is 2.53. The number of aromatic nitrogens is 1. The van der Waals surface area contributed by atoms with Crippen molar-refractivity contribution in [2.75, 3.05) is 13.2 Å². The van der Waals surface area contributed by atoms with Gasteiger partial charge in [0, 0.05) is 18.8 Å². The summed E-state index contributed by atoms with van der Waals surface area (Å²) >= 11 is 0. The molecule has 2 aromatic rings. The van der Waals surface area contributed by atoms with Crippen molar-refractivity contribution in [2.45, 2.75) is 32.7 Å². The third-order valence-electron chi connectivity index (χ3n) is 3.26. The molecule has 0 aliphatic rings. The molecule has 0 atom stereocenters. The van der Waals surface area contributed by atoms with Crippen molar-refractivity contribution >= 4 is 0 Å². The Kier molecular flexibility index (Phi) is 6.75. The fraction of sp³-hybridized carbons (Fsp3) is 0.389. The fourth-order valence-electron chi connectivity index (χ4n) is 2.15. The van der Waals surface area contributed by atoms with Crippen molar-refractivity contribution in [1.29, 1.82) is 0 Å². The number of ether oxygens (including phenoxy) is 1. The largest absolute Gasteiger partial charge is 0.478 e. The number of hydrogen-bond donors (Lipinski definition) is 1. The summed E-state index contributed by atoms with van der Waals surface area (Å²) in [4.78, 5) is 4.26. The van der Waals surface area contributed by atoms with Gasteiger partial charge in [0.05, 0.1) is 6.61 Å². The van der Waals surface area contributed by atoms with E-state index >= 15 is 0 Å². The van der Waals surface area contributed by atoms with Gasteiger partial charge in [-0.2, -0.15) is 0 Å². The zero-order valence-corrected chi connectivity index (χ0v) is 12.7. The van der Waals surface area contributed by atoms with Crippen LogP contribution in [0.15, 0.2) is 48.7 Å². The Balaban J connectivity index is 1.71. The van der Waals surface area contributed by atoms with Crippen LogP contribution in [0, 0.1) is 0 Å². The van der Waals surface area contributed by atoms with E-state index < -0.39 is 0 Å². The van der Waals surface area contributed by atoms with E-state index in [2.05, 4.69) is 41.5 Å². The van der Waals surface area contributed by atoms with Gasteiger partial charge in [-0.3, -0.25) is 0 Å². The molecule has 0 spiro atoms. The number of hydrogen-bond acceptors (Lipinski definition) is 3. The van der Waals surface area contributed by atoms with Gasteiger partial charge < -0.3 is 10.1 Å². The summed E-state index contributed by atoms with van der Waals surface area (Å²) in [6.07, 6.45) is 5.01. The van der Waals surface area contributed by atoms with E-state index in [0.29, 0.717) is 6.61 Å². The van der Waals surface area contributed by atoms with Gasteiger partial charge in [-0.1, -0.05) is 37.3 Å². The summed E-state index contributed by atoms with van der Waals surface area (Å²) in [6.45, 7) is 4.78. The number of nitrogens with zero attached hydrogens (tertiary/aromatic N) is 1. The Morgan fingerprint density at radius 1 is 1.10 bits per heavy atom. The van der Waals surface area contributed by atoms with Crippen LogP contribution >= 0.6 is 0 Å². The molecule has 0 fully saturated rings. The minimum Gasteiger partial charge on any atom is -0.478 e. The lowest BCUT2D eigenvalue weighted by Gasteiger charge is -2.08. The summed E-state index contributed by atoms with van der Waals surface area (Å²) in [6, 6.07) is 14.5. The third kappa shape index (κ3) is 5.96. The molecule has 0 aliphatic carbocycles. The summed E-state index contributed by atoms with van der Waals surface area (Å²) < 4.78 is 5.74. The first-order valence-corrected chi connectivity index (χ1v) is 7.71. The lowest BCUT2D eigenvalue weighted by atomic mass is 10.1. The molecule has 0 unspecified atom stereocenters. The molecule has 112 valence electrons. The Bertz CT molecular complexity index is 514. The number of nitrogens with one attached hydrogen (secondary N) is 1. The highest BCUT2D eigenvalue weighted by molar-refractivity contribution is 5.20. The van der Waals surface area contributed by atoms with E-state index in [9.17, 15) is 0 Å². The van der Waals surface area contributed by atoms with E-state index in [1.807, 2.05) is 24.4 Å². The Morgan fingerprint density at radius 3 is 2.76 bits per heavy atom. The molecule has 3 nitrogen and oxygen atoms in total. The molecule has 1 heterocycles. The smallest absolute Gasteiger partial charge is 0.213 e. The molecule has 0 aliphatic heterocycles. The van der Waals surface area contributed by atoms with Gasteiger partial charge in [0.2, 0.25) is 5.88 Å². The summed E-state index contributed by atoms with van der Waals surface area (Å²) in [5.41, 5.74) is 2.57. The van der Waals surface area contributed by atoms with Gasteiger partial charge in [0.15, 0.2) is 0 Å².